The molecule has 23 heavy (non-hydrogen) atoms. The summed E-state index contributed by atoms with van der Waals surface area (Å²) in [7, 11) is 1.25. The van der Waals surface area contributed by atoms with Crippen LogP contribution in [-0.2, 0) is 19.0 Å². The minimum absolute atomic E-state index is 0.119. The van der Waals surface area contributed by atoms with Crippen LogP contribution in [0.1, 0.15) is 16.5 Å². The molecule has 7 nitrogen and oxygen atoms in total. The van der Waals surface area contributed by atoms with Crippen LogP contribution in [0.4, 0.5) is 13.2 Å². The Bertz CT molecular complexity index is 928. The summed E-state index contributed by atoms with van der Waals surface area (Å²) in [4.78, 5) is 16.4. The number of aromatic nitrogens is 6. The van der Waals surface area contributed by atoms with Crippen LogP contribution in [0.3, 0.4) is 0 Å². The zero-order chi connectivity index (χ0) is 16.8. The van der Waals surface area contributed by atoms with Gasteiger partial charge in [0.05, 0.1) is 5.75 Å². The van der Waals surface area contributed by atoms with Crippen LogP contribution >= 0.6 is 23.1 Å². The van der Waals surface area contributed by atoms with Crippen molar-refractivity contribution in [3.63, 3.8) is 0 Å². The van der Waals surface area contributed by atoms with Gasteiger partial charge in [0.1, 0.15) is 5.01 Å². The molecule has 0 aromatic carbocycles. The van der Waals surface area contributed by atoms with Crippen molar-refractivity contribution in [2.24, 2.45) is 7.05 Å². The van der Waals surface area contributed by atoms with E-state index in [1.807, 2.05) is 0 Å². The molecule has 0 aliphatic carbocycles. The molecule has 3 aromatic rings. The normalized spacial score (nSPS) is 12.2. The lowest BCUT2D eigenvalue weighted by molar-refractivity contribution is -0.147. The number of thioether (sulfide) groups is 1. The summed E-state index contributed by atoms with van der Waals surface area (Å²) < 4.78 is 40.0. The van der Waals surface area contributed by atoms with Crippen molar-refractivity contribution < 1.29 is 13.2 Å². The highest BCUT2D eigenvalue weighted by atomic mass is 32.2. The van der Waals surface area contributed by atoms with E-state index in [0.29, 0.717) is 15.7 Å². The van der Waals surface area contributed by atoms with E-state index in [1.54, 1.807) is 6.92 Å². The Balaban J connectivity index is 1.83. The fourth-order valence-corrected chi connectivity index (χ4v) is 3.67. The van der Waals surface area contributed by atoms with E-state index in [-0.39, 0.29) is 16.5 Å². The number of rotatable bonds is 3. The predicted octanol–water partition coefficient (Wildman–Crippen LogP) is 1.90. The molecular weight excluding hydrogens is 353 g/mol. The van der Waals surface area contributed by atoms with Gasteiger partial charge in [0.25, 0.3) is 5.56 Å². The topological polar surface area (TPSA) is 78.0 Å². The van der Waals surface area contributed by atoms with Gasteiger partial charge in [-0.25, -0.2) is 4.98 Å². The molecule has 0 bridgehead atoms. The first kappa shape index (κ1) is 15.9. The number of hydrogen-bond donors (Lipinski definition) is 0. The lowest BCUT2D eigenvalue weighted by Crippen LogP contribution is -2.14. The molecule has 3 rings (SSSR count). The maximum atomic E-state index is 12.7. The summed E-state index contributed by atoms with van der Waals surface area (Å²) in [5.74, 6) is -0.797. The van der Waals surface area contributed by atoms with Gasteiger partial charge in [0, 0.05) is 18.8 Å². The number of alkyl halides is 3. The van der Waals surface area contributed by atoms with Gasteiger partial charge >= 0.3 is 6.18 Å². The highest BCUT2D eigenvalue weighted by Gasteiger charge is 2.37. The SMILES string of the molecule is Cc1cc(=O)n2nc(CSc3nnc(C(F)(F)F)n3C)sc2n1. The van der Waals surface area contributed by atoms with Gasteiger partial charge in [-0.1, -0.05) is 23.1 Å². The average Bonchev–Trinajstić information content (AvgIpc) is 2.99. The Hall–Kier alpha value is -1.95. The number of fused-ring (bicyclic) bond motifs is 1. The van der Waals surface area contributed by atoms with Crippen molar-refractivity contribution in [3.05, 3.63) is 32.9 Å². The van der Waals surface area contributed by atoms with Crippen LogP contribution in [0.15, 0.2) is 16.0 Å². The van der Waals surface area contributed by atoms with E-state index in [4.69, 9.17) is 0 Å². The second-order valence-corrected chi connectivity index (χ2v) is 6.56. The minimum Gasteiger partial charge on any atom is -0.302 e. The molecule has 0 N–H and O–H groups in total. The first-order valence-corrected chi connectivity index (χ1v) is 8.01. The molecule has 0 unspecified atom stereocenters. The van der Waals surface area contributed by atoms with E-state index in [0.717, 1.165) is 16.3 Å². The van der Waals surface area contributed by atoms with Crippen molar-refractivity contribution in [2.75, 3.05) is 0 Å². The lowest BCUT2D eigenvalue weighted by Gasteiger charge is -2.05. The van der Waals surface area contributed by atoms with E-state index in [9.17, 15) is 18.0 Å². The van der Waals surface area contributed by atoms with E-state index >= 15 is 0 Å². The maximum Gasteiger partial charge on any atom is 0.451 e. The summed E-state index contributed by atoms with van der Waals surface area (Å²) >= 11 is 2.26. The Morgan fingerprint density at radius 3 is 2.74 bits per heavy atom. The zero-order valence-electron chi connectivity index (χ0n) is 11.8. The van der Waals surface area contributed by atoms with Crippen LogP contribution in [0.2, 0.25) is 0 Å². The molecule has 0 saturated carbocycles. The molecule has 0 amide bonds. The molecule has 3 heterocycles. The molecule has 0 atom stereocenters. The number of halogens is 3. The van der Waals surface area contributed by atoms with E-state index in [2.05, 4.69) is 20.3 Å². The summed E-state index contributed by atoms with van der Waals surface area (Å²) in [6.07, 6.45) is -4.55. The monoisotopic (exact) mass is 362 g/mol. The van der Waals surface area contributed by atoms with Gasteiger partial charge < -0.3 is 4.57 Å². The van der Waals surface area contributed by atoms with Crippen LogP contribution in [0, 0.1) is 6.92 Å². The van der Waals surface area contributed by atoms with Gasteiger partial charge in [-0.05, 0) is 6.92 Å². The summed E-state index contributed by atoms with van der Waals surface area (Å²) in [6.45, 7) is 1.70. The van der Waals surface area contributed by atoms with Crippen LogP contribution in [-0.4, -0.2) is 29.4 Å². The van der Waals surface area contributed by atoms with E-state index in [1.165, 1.54) is 29.0 Å². The Morgan fingerprint density at radius 1 is 1.35 bits per heavy atom. The first-order valence-electron chi connectivity index (χ1n) is 6.21. The maximum absolute atomic E-state index is 12.7. The highest BCUT2D eigenvalue weighted by Crippen LogP contribution is 2.30. The van der Waals surface area contributed by atoms with E-state index < -0.39 is 12.0 Å². The highest BCUT2D eigenvalue weighted by molar-refractivity contribution is 7.98. The number of aryl methyl sites for hydroxylation is 1. The van der Waals surface area contributed by atoms with Gasteiger partial charge in [0.2, 0.25) is 10.8 Å². The second kappa shape index (κ2) is 5.60. The van der Waals surface area contributed by atoms with Crippen molar-refractivity contribution in [2.45, 2.75) is 24.0 Å². The molecular formula is C11H9F3N6OS2. The lowest BCUT2D eigenvalue weighted by atomic mass is 10.5. The number of hydrogen-bond acceptors (Lipinski definition) is 7. The van der Waals surface area contributed by atoms with Crippen LogP contribution < -0.4 is 5.56 Å². The molecule has 0 saturated heterocycles. The van der Waals surface area contributed by atoms with Crippen molar-refractivity contribution in [1.29, 1.82) is 0 Å². The molecule has 0 radical (unpaired) electrons. The Labute approximate surface area is 135 Å². The number of nitrogens with zero attached hydrogens (tertiary/aromatic N) is 6. The van der Waals surface area contributed by atoms with Crippen LogP contribution in [0.5, 0.6) is 0 Å². The average molecular weight is 362 g/mol. The summed E-state index contributed by atoms with van der Waals surface area (Å²) in [6, 6.07) is 1.36. The smallest absolute Gasteiger partial charge is 0.302 e. The van der Waals surface area contributed by atoms with Gasteiger partial charge in [-0.15, -0.1) is 10.2 Å². The molecule has 0 aliphatic rings. The van der Waals surface area contributed by atoms with Crippen molar-refractivity contribution in [1.82, 2.24) is 29.4 Å². The summed E-state index contributed by atoms with van der Waals surface area (Å²) in [5, 5.41) is 11.5. The van der Waals surface area contributed by atoms with Gasteiger partial charge in [0.15, 0.2) is 5.16 Å². The molecule has 0 spiro atoms. The van der Waals surface area contributed by atoms with Crippen LogP contribution in [0.25, 0.3) is 4.96 Å². The molecule has 3 aromatic heterocycles. The standard InChI is InChI=1S/C11H9F3N6OS2/c1-5-3-7(21)20-9(15-5)23-6(18-20)4-22-10-17-16-8(19(10)2)11(12,13)14/h3H,4H2,1-2H3. The summed E-state index contributed by atoms with van der Waals surface area (Å²) in [5.41, 5.74) is 0.291. The van der Waals surface area contributed by atoms with Crippen molar-refractivity contribution in [3.8, 4) is 0 Å². The van der Waals surface area contributed by atoms with Crippen molar-refractivity contribution >= 4 is 28.1 Å². The Kier molecular flexibility index (Phi) is 3.88. The third-order valence-corrected chi connectivity index (χ3v) is 4.95. The largest absolute Gasteiger partial charge is 0.451 e. The minimum atomic E-state index is -4.55. The molecule has 0 aliphatic heterocycles. The van der Waals surface area contributed by atoms with Gasteiger partial charge in [-0.2, -0.15) is 22.8 Å². The fourth-order valence-electron chi connectivity index (χ4n) is 1.83. The third kappa shape index (κ3) is 3.08. The molecule has 12 heteroatoms. The zero-order valence-corrected chi connectivity index (χ0v) is 13.5. The quantitative estimate of drug-likeness (QED) is 0.662. The predicted molar refractivity (Wildman–Crippen MR) is 77.4 cm³/mol. The fraction of sp³-hybridized carbons (Fsp3) is 0.364. The first-order chi connectivity index (χ1) is 10.8. The van der Waals surface area contributed by atoms with Gasteiger partial charge in [-0.3, -0.25) is 4.79 Å². The Morgan fingerprint density at radius 2 is 2.09 bits per heavy atom. The second-order valence-electron chi connectivity index (χ2n) is 4.58. The molecule has 0 fully saturated rings. The third-order valence-electron chi connectivity index (χ3n) is 2.83. The molecule has 122 valence electrons.